The molecule has 1 fully saturated rings. The maximum absolute atomic E-state index is 12.1. The molecule has 1 aliphatic rings. The monoisotopic (exact) mass is 286 g/mol. The molecule has 2 atom stereocenters. The topological polar surface area (TPSA) is 46.3 Å². The highest BCUT2D eigenvalue weighted by atomic mass is 35.5. The summed E-state index contributed by atoms with van der Waals surface area (Å²) in [6.45, 7) is 2.00. The number of rotatable bonds is 2. The van der Waals surface area contributed by atoms with Crippen molar-refractivity contribution in [3.05, 3.63) is 64.7 Å². The van der Waals surface area contributed by atoms with Crippen LogP contribution in [0.4, 0.5) is 5.69 Å². The summed E-state index contributed by atoms with van der Waals surface area (Å²) in [4.78, 5) is 13.8. The van der Waals surface area contributed by atoms with E-state index in [1.807, 2.05) is 55.5 Å². The minimum absolute atomic E-state index is 0.0458. The zero-order valence-corrected chi connectivity index (χ0v) is 11.8. The first kappa shape index (κ1) is 13.2. The van der Waals surface area contributed by atoms with Gasteiger partial charge in [-0.3, -0.25) is 4.79 Å². The number of carbonyl (C=O) groups is 1. The van der Waals surface area contributed by atoms with Crippen LogP contribution in [0.25, 0.3) is 0 Å². The lowest BCUT2D eigenvalue weighted by atomic mass is 9.88. The molecule has 0 aromatic heterocycles. The summed E-state index contributed by atoms with van der Waals surface area (Å²) in [6, 6.07) is 14.7. The molecule has 102 valence electrons. The van der Waals surface area contributed by atoms with Crippen LogP contribution >= 0.6 is 11.6 Å². The number of benzene rings is 2. The lowest BCUT2D eigenvalue weighted by Crippen LogP contribution is -2.63. The fraction of sp³-hybridized carbons (Fsp3) is 0.188. The smallest absolute Gasteiger partial charge is 0.247 e. The molecule has 4 heteroatoms. The van der Waals surface area contributed by atoms with Crippen LogP contribution in [0.5, 0.6) is 0 Å². The molecule has 0 aliphatic carbocycles. The molecule has 3 nitrogen and oxygen atoms in total. The fourth-order valence-electron chi connectivity index (χ4n) is 2.59. The van der Waals surface area contributed by atoms with Crippen molar-refractivity contribution in [2.45, 2.75) is 19.0 Å². The molecule has 0 saturated carbocycles. The van der Waals surface area contributed by atoms with E-state index in [1.54, 1.807) is 4.90 Å². The highest BCUT2D eigenvalue weighted by molar-refractivity contribution is 6.30. The van der Waals surface area contributed by atoms with Gasteiger partial charge in [-0.15, -0.1) is 0 Å². The van der Waals surface area contributed by atoms with Crippen molar-refractivity contribution in [1.29, 1.82) is 0 Å². The van der Waals surface area contributed by atoms with E-state index in [9.17, 15) is 4.79 Å². The Hall–Kier alpha value is -1.84. The van der Waals surface area contributed by atoms with Gasteiger partial charge in [-0.2, -0.15) is 0 Å². The van der Waals surface area contributed by atoms with Gasteiger partial charge in [0.2, 0.25) is 5.91 Å². The van der Waals surface area contributed by atoms with Crippen LogP contribution in [-0.4, -0.2) is 11.9 Å². The lowest BCUT2D eigenvalue weighted by Gasteiger charge is -2.45. The third kappa shape index (κ3) is 2.09. The fourth-order valence-corrected chi connectivity index (χ4v) is 2.72. The second kappa shape index (κ2) is 4.93. The van der Waals surface area contributed by atoms with Gasteiger partial charge in [0.15, 0.2) is 0 Å². The summed E-state index contributed by atoms with van der Waals surface area (Å²) < 4.78 is 0. The first-order valence-electron chi connectivity index (χ1n) is 6.49. The van der Waals surface area contributed by atoms with E-state index < -0.39 is 6.04 Å². The number of halogens is 1. The molecule has 1 saturated heterocycles. The number of nitrogens with two attached hydrogens (primary N) is 1. The average Bonchev–Trinajstić information content (AvgIpc) is 2.45. The second-order valence-electron chi connectivity index (χ2n) is 5.07. The lowest BCUT2D eigenvalue weighted by molar-refractivity contribution is -0.126. The number of hydrogen-bond donors (Lipinski definition) is 1. The maximum atomic E-state index is 12.1. The van der Waals surface area contributed by atoms with E-state index in [1.165, 1.54) is 0 Å². The highest BCUT2D eigenvalue weighted by Crippen LogP contribution is 2.38. The summed E-state index contributed by atoms with van der Waals surface area (Å²) >= 11 is 5.90. The Kier molecular flexibility index (Phi) is 3.24. The molecule has 0 spiro atoms. The maximum Gasteiger partial charge on any atom is 0.247 e. The Morgan fingerprint density at radius 1 is 1.15 bits per heavy atom. The highest BCUT2D eigenvalue weighted by Gasteiger charge is 2.46. The molecule has 0 radical (unpaired) electrons. The van der Waals surface area contributed by atoms with Gasteiger partial charge >= 0.3 is 0 Å². The predicted molar refractivity (Wildman–Crippen MR) is 80.8 cm³/mol. The standard InChI is InChI=1S/C16H15ClN2O/c1-10-3-2-4-13(9-10)19-15(14(18)16(19)20)11-5-7-12(17)8-6-11/h2-9,14-15H,18H2,1H3/t14-,15+/m1/s1. The molecule has 0 unspecified atom stereocenters. The van der Waals surface area contributed by atoms with Crippen molar-refractivity contribution in [2.75, 3.05) is 4.90 Å². The van der Waals surface area contributed by atoms with Gasteiger partial charge in [0.05, 0.1) is 6.04 Å². The number of aryl methyl sites for hydroxylation is 1. The number of nitrogens with zero attached hydrogens (tertiary/aromatic N) is 1. The third-order valence-electron chi connectivity index (χ3n) is 3.63. The Balaban J connectivity index is 1.97. The van der Waals surface area contributed by atoms with Crippen LogP contribution in [0.2, 0.25) is 5.02 Å². The number of hydrogen-bond acceptors (Lipinski definition) is 2. The molecular formula is C16H15ClN2O. The zero-order valence-electron chi connectivity index (χ0n) is 11.1. The molecule has 0 bridgehead atoms. The summed E-state index contributed by atoms with van der Waals surface area (Å²) in [6.07, 6.45) is 0. The number of amides is 1. The Morgan fingerprint density at radius 2 is 1.85 bits per heavy atom. The zero-order chi connectivity index (χ0) is 14.3. The summed E-state index contributed by atoms with van der Waals surface area (Å²) in [7, 11) is 0. The molecule has 1 aliphatic heterocycles. The van der Waals surface area contributed by atoms with Gasteiger partial charge < -0.3 is 10.6 Å². The number of carbonyl (C=O) groups excluding carboxylic acids is 1. The minimum Gasteiger partial charge on any atom is -0.318 e. The Labute approximate surface area is 123 Å². The molecule has 2 aromatic carbocycles. The van der Waals surface area contributed by atoms with Crippen LogP contribution < -0.4 is 10.6 Å². The quantitative estimate of drug-likeness (QED) is 0.863. The van der Waals surface area contributed by atoms with Crippen molar-refractivity contribution in [2.24, 2.45) is 5.73 Å². The Bertz CT molecular complexity index is 654. The Morgan fingerprint density at radius 3 is 2.50 bits per heavy atom. The van der Waals surface area contributed by atoms with Crippen molar-refractivity contribution >= 4 is 23.2 Å². The third-order valence-corrected chi connectivity index (χ3v) is 3.88. The molecular weight excluding hydrogens is 272 g/mol. The SMILES string of the molecule is Cc1cccc(N2C(=O)[C@H](N)[C@@H]2c2ccc(Cl)cc2)c1. The molecule has 3 rings (SSSR count). The van der Waals surface area contributed by atoms with Crippen LogP contribution in [0.3, 0.4) is 0 Å². The van der Waals surface area contributed by atoms with E-state index in [0.29, 0.717) is 5.02 Å². The molecule has 2 N–H and O–H groups in total. The van der Waals surface area contributed by atoms with Gasteiger partial charge in [0.25, 0.3) is 0 Å². The molecule has 1 heterocycles. The van der Waals surface area contributed by atoms with Gasteiger partial charge in [0, 0.05) is 10.7 Å². The van der Waals surface area contributed by atoms with Crippen molar-refractivity contribution in [3.8, 4) is 0 Å². The van der Waals surface area contributed by atoms with Crippen LogP contribution in [-0.2, 0) is 4.79 Å². The second-order valence-corrected chi connectivity index (χ2v) is 5.51. The molecule has 20 heavy (non-hydrogen) atoms. The minimum atomic E-state index is -0.489. The average molecular weight is 287 g/mol. The molecule has 1 amide bonds. The van der Waals surface area contributed by atoms with E-state index in [4.69, 9.17) is 17.3 Å². The number of β-lactam (4-membered cyclic amide) rings is 1. The van der Waals surface area contributed by atoms with E-state index in [2.05, 4.69) is 0 Å². The van der Waals surface area contributed by atoms with E-state index in [-0.39, 0.29) is 11.9 Å². The van der Waals surface area contributed by atoms with Crippen LogP contribution in [0.15, 0.2) is 48.5 Å². The number of anilines is 1. The van der Waals surface area contributed by atoms with E-state index >= 15 is 0 Å². The van der Waals surface area contributed by atoms with E-state index in [0.717, 1.165) is 16.8 Å². The summed E-state index contributed by atoms with van der Waals surface area (Å²) in [5.74, 6) is -0.0458. The predicted octanol–water partition coefficient (Wildman–Crippen LogP) is 3.06. The van der Waals surface area contributed by atoms with Gasteiger partial charge in [-0.1, -0.05) is 35.9 Å². The van der Waals surface area contributed by atoms with Crippen molar-refractivity contribution in [1.82, 2.24) is 0 Å². The van der Waals surface area contributed by atoms with Gasteiger partial charge in [-0.25, -0.2) is 0 Å². The normalized spacial score (nSPS) is 21.8. The largest absolute Gasteiger partial charge is 0.318 e. The van der Waals surface area contributed by atoms with Crippen molar-refractivity contribution in [3.63, 3.8) is 0 Å². The first-order chi connectivity index (χ1) is 9.58. The first-order valence-corrected chi connectivity index (χ1v) is 6.86. The van der Waals surface area contributed by atoms with Gasteiger partial charge in [-0.05, 0) is 42.3 Å². The van der Waals surface area contributed by atoms with Gasteiger partial charge in [0.1, 0.15) is 6.04 Å². The van der Waals surface area contributed by atoms with Crippen LogP contribution in [0, 0.1) is 6.92 Å². The molecule has 2 aromatic rings. The van der Waals surface area contributed by atoms with Crippen LogP contribution in [0.1, 0.15) is 17.2 Å². The van der Waals surface area contributed by atoms with Crippen molar-refractivity contribution < 1.29 is 4.79 Å². The summed E-state index contributed by atoms with van der Waals surface area (Å²) in [5.41, 5.74) is 8.98. The summed E-state index contributed by atoms with van der Waals surface area (Å²) in [5, 5.41) is 0.676.